The largest absolute Gasteiger partial charge is 0.370 e. The van der Waals surface area contributed by atoms with Crippen molar-refractivity contribution < 1.29 is 9.59 Å². The second-order valence-electron chi connectivity index (χ2n) is 11.4. The smallest absolute Gasteiger partial charge is 0.325 e. The van der Waals surface area contributed by atoms with E-state index in [0.29, 0.717) is 31.9 Å². The Kier molecular flexibility index (Phi) is 6.56. The van der Waals surface area contributed by atoms with Gasteiger partial charge in [0.2, 0.25) is 5.95 Å². The lowest BCUT2D eigenvalue weighted by atomic mass is 9.82. The van der Waals surface area contributed by atoms with Crippen LogP contribution in [0.1, 0.15) is 37.4 Å². The first-order chi connectivity index (χ1) is 19.3. The number of carbonyl (C=O) groups is 2. The molecule has 1 atom stereocenters. The molecule has 3 aliphatic rings. The second-order valence-corrected chi connectivity index (χ2v) is 11.4. The van der Waals surface area contributed by atoms with Crippen LogP contribution in [0.25, 0.3) is 0 Å². The van der Waals surface area contributed by atoms with Crippen LogP contribution in [0.3, 0.4) is 0 Å². The maximum absolute atomic E-state index is 13.4. The number of aromatic nitrogens is 3. The van der Waals surface area contributed by atoms with Crippen molar-refractivity contribution in [2.24, 2.45) is 0 Å². The standard InChI is InChI=1S/C30H35N7O3/c1-22-19-24(35-14-9-29(2,21-35)23-7-4-3-5-8-23)20-25(38)36(22)17-18-37-26(39)30(33-28(37)40)10-15-34(16-11-30)27-31-12-6-13-32-27/h3-8,12-13,19-20H,9-11,14-18,21H2,1-2H3,(H,33,40). The van der Waals surface area contributed by atoms with E-state index in [9.17, 15) is 14.4 Å². The lowest BCUT2D eigenvalue weighted by Gasteiger charge is -2.37. The molecular weight excluding hydrogens is 506 g/mol. The monoisotopic (exact) mass is 541 g/mol. The Bertz CT molecular complexity index is 1470. The summed E-state index contributed by atoms with van der Waals surface area (Å²) in [6.07, 6.45) is 5.37. The number of carbonyl (C=O) groups excluding carboxylic acids is 2. The van der Waals surface area contributed by atoms with Crippen molar-refractivity contribution in [3.05, 3.63) is 82.5 Å². The summed E-state index contributed by atoms with van der Waals surface area (Å²) in [6.45, 7) is 7.46. The Hall–Kier alpha value is -4.21. The van der Waals surface area contributed by atoms with Crippen LogP contribution in [0.15, 0.2) is 65.7 Å². The molecule has 1 spiro atoms. The molecule has 2 aromatic heterocycles. The van der Waals surface area contributed by atoms with Crippen LogP contribution in [-0.4, -0.2) is 69.6 Å². The van der Waals surface area contributed by atoms with Crippen LogP contribution < -0.4 is 20.7 Å². The molecule has 208 valence electrons. The van der Waals surface area contributed by atoms with E-state index in [2.05, 4.69) is 51.4 Å². The van der Waals surface area contributed by atoms with Gasteiger partial charge in [-0.3, -0.25) is 14.5 Å². The van der Waals surface area contributed by atoms with E-state index in [-0.39, 0.29) is 30.0 Å². The Morgan fingerprint density at radius 1 is 0.875 bits per heavy atom. The first kappa shape index (κ1) is 26.0. The first-order valence-electron chi connectivity index (χ1n) is 14.0. The van der Waals surface area contributed by atoms with Gasteiger partial charge >= 0.3 is 6.03 Å². The summed E-state index contributed by atoms with van der Waals surface area (Å²) in [7, 11) is 0. The summed E-state index contributed by atoms with van der Waals surface area (Å²) in [6, 6.07) is 15.6. The van der Waals surface area contributed by atoms with Crippen molar-refractivity contribution in [2.45, 2.75) is 50.6 Å². The van der Waals surface area contributed by atoms with Crippen molar-refractivity contribution in [1.29, 1.82) is 0 Å². The molecule has 40 heavy (non-hydrogen) atoms. The predicted octanol–water partition coefficient (Wildman–Crippen LogP) is 2.71. The van der Waals surface area contributed by atoms with Gasteiger partial charge in [0, 0.05) is 74.5 Å². The van der Waals surface area contributed by atoms with Gasteiger partial charge in [0.15, 0.2) is 0 Å². The molecule has 3 fully saturated rings. The van der Waals surface area contributed by atoms with Crippen molar-refractivity contribution in [2.75, 3.05) is 42.5 Å². The molecule has 6 rings (SSSR count). The zero-order valence-electron chi connectivity index (χ0n) is 23.0. The minimum absolute atomic E-state index is 0.0354. The van der Waals surface area contributed by atoms with E-state index in [1.807, 2.05) is 24.0 Å². The maximum atomic E-state index is 13.4. The van der Waals surface area contributed by atoms with Gasteiger partial charge in [-0.25, -0.2) is 14.8 Å². The average Bonchev–Trinajstić information content (AvgIpc) is 3.48. The molecule has 0 saturated carbocycles. The fraction of sp³-hybridized carbons (Fsp3) is 0.433. The number of pyridine rings is 1. The second kappa shape index (κ2) is 10.1. The molecule has 1 N–H and O–H groups in total. The van der Waals surface area contributed by atoms with Crippen LogP contribution >= 0.6 is 0 Å². The fourth-order valence-corrected chi connectivity index (χ4v) is 6.40. The van der Waals surface area contributed by atoms with Crippen LogP contribution in [0.4, 0.5) is 16.4 Å². The number of hydrogen-bond donors (Lipinski definition) is 1. The molecule has 3 aromatic rings. The van der Waals surface area contributed by atoms with E-state index in [4.69, 9.17) is 0 Å². The van der Waals surface area contributed by atoms with Crippen LogP contribution in [0, 0.1) is 6.92 Å². The third-order valence-electron chi connectivity index (χ3n) is 8.87. The molecule has 0 aliphatic carbocycles. The number of nitrogens with zero attached hydrogens (tertiary/aromatic N) is 6. The number of hydrogen-bond acceptors (Lipinski definition) is 7. The average molecular weight is 542 g/mol. The highest BCUT2D eigenvalue weighted by molar-refractivity contribution is 6.07. The molecule has 10 heteroatoms. The normalized spacial score (nSPS) is 22.3. The van der Waals surface area contributed by atoms with Crippen LogP contribution in [-0.2, 0) is 16.8 Å². The molecule has 0 radical (unpaired) electrons. The highest BCUT2D eigenvalue weighted by Gasteiger charge is 2.52. The van der Waals surface area contributed by atoms with Gasteiger partial charge in [-0.2, -0.15) is 0 Å². The minimum Gasteiger partial charge on any atom is -0.370 e. The van der Waals surface area contributed by atoms with E-state index in [0.717, 1.165) is 30.9 Å². The van der Waals surface area contributed by atoms with Gasteiger partial charge in [-0.1, -0.05) is 37.3 Å². The third kappa shape index (κ3) is 4.61. The third-order valence-corrected chi connectivity index (χ3v) is 8.87. The Labute approximate surface area is 233 Å². The molecule has 3 saturated heterocycles. The number of urea groups is 1. The number of aryl methyl sites for hydroxylation is 1. The van der Waals surface area contributed by atoms with Gasteiger partial charge in [0.05, 0.1) is 0 Å². The summed E-state index contributed by atoms with van der Waals surface area (Å²) in [5, 5.41) is 2.95. The van der Waals surface area contributed by atoms with E-state index < -0.39 is 11.6 Å². The van der Waals surface area contributed by atoms with Crippen molar-refractivity contribution in [3.8, 4) is 0 Å². The summed E-state index contributed by atoms with van der Waals surface area (Å²) in [4.78, 5) is 53.7. The Balaban J connectivity index is 1.11. The summed E-state index contributed by atoms with van der Waals surface area (Å²) in [5.41, 5.74) is 2.05. The maximum Gasteiger partial charge on any atom is 0.325 e. The Morgan fingerprint density at radius 2 is 1.57 bits per heavy atom. The van der Waals surface area contributed by atoms with Crippen molar-refractivity contribution in [1.82, 2.24) is 24.8 Å². The lowest BCUT2D eigenvalue weighted by molar-refractivity contribution is -0.132. The predicted molar refractivity (Wildman–Crippen MR) is 153 cm³/mol. The van der Waals surface area contributed by atoms with E-state index >= 15 is 0 Å². The van der Waals surface area contributed by atoms with Gasteiger partial charge in [0.1, 0.15) is 5.54 Å². The number of amides is 3. The SMILES string of the molecule is Cc1cc(N2CCC(C)(c3ccccc3)C2)cc(=O)n1CCN1C(=O)NC2(CCN(c3ncccn3)CC2)C1=O. The minimum atomic E-state index is -0.909. The highest BCUT2D eigenvalue weighted by Crippen LogP contribution is 2.36. The zero-order valence-corrected chi connectivity index (χ0v) is 23.0. The molecule has 1 aromatic carbocycles. The molecule has 3 aliphatic heterocycles. The fourth-order valence-electron chi connectivity index (χ4n) is 6.40. The van der Waals surface area contributed by atoms with Crippen LogP contribution in [0.5, 0.6) is 0 Å². The quantitative estimate of drug-likeness (QED) is 0.479. The number of imide groups is 1. The number of benzene rings is 1. The van der Waals surface area contributed by atoms with E-state index in [1.165, 1.54) is 10.5 Å². The van der Waals surface area contributed by atoms with Gasteiger partial charge < -0.3 is 19.7 Å². The van der Waals surface area contributed by atoms with E-state index in [1.54, 1.807) is 29.1 Å². The molecule has 5 heterocycles. The molecule has 3 amide bonds. The number of rotatable bonds is 6. The zero-order chi connectivity index (χ0) is 27.9. The molecule has 0 bridgehead atoms. The molecular formula is C30H35N7O3. The number of anilines is 2. The van der Waals surface area contributed by atoms with Crippen molar-refractivity contribution >= 4 is 23.6 Å². The van der Waals surface area contributed by atoms with Crippen molar-refractivity contribution in [3.63, 3.8) is 0 Å². The summed E-state index contributed by atoms with van der Waals surface area (Å²) < 4.78 is 1.65. The number of piperidine rings is 1. The Morgan fingerprint density at radius 3 is 2.27 bits per heavy atom. The molecule has 10 nitrogen and oxygen atoms in total. The van der Waals surface area contributed by atoms with Gasteiger partial charge in [-0.15, -0.1) is 0 Å². The molecule has 1 unspecified atom stereocenters. The first-order valence-corrected chi connectivity index (χ1v) is 14.0. The topological polar surface area (TPSA) is 104 Å². The van der Waals surface area contributed by atoms with Crippen LogP contribution in [0.2, 0.25) is 0 Å². The van der Waals surface area contributed by atoms with Gasteiger partial charge in [-0.05, 0) is 43.9 Å². The summed E-state index contributed by atoms with van der Waals surface area (Å²) in [5.74, 6) is 0.411. The summed E-state index contributed by atoms with van der Waals surface area (Å²) >= 11 is 0. The lowest BCUT2D eigenvalue weighted by Crippen LogP contribution is -2.55. The highest BCUT2D eigenvalue weighted by atomic mass is 16.2. The van der Waals surface area contributed by atoms with Gasteiger partial charge in [0.25, 0.3) is 11.5 Å². The number of nitrogens with one attached hydrogen (secondary N) is 1.